The largest absolute Gasteiger partial charge is 0.493 e. The summed E-state index contributed by atoms with van der Waals surface area (Å²) in [5.41, 5.74) is 2.07. The van der Waals surface area contributed by atoms with Gasteiger partial charge >= 0.3 is 0 Å². The second-order valence-electron chi connectivity index (χ2n) is 10.2. The van der Waals surface area contributed by atoms with E-state index in [0.717, 1.165) is 24.0 Å². The smallest absolute Gasteiger partial charge is 0.243 e. The molecule has 2 amide bonds. The minimum Gasteiger partial charge on any atom is -0.493 e. The number of halogens is 1. The molecule has 1 aliphatic carbocycles. The number of nitrogens with one attached hydrogen (secondary N) is 3. The first-order valence-corrected chi connectivity index (χ1v) is 13.3. The van der Waals surface area contributed by atoms with Crippen molar-refractivity contribution in [3.63, 3.8) is 0 Å². The Hall–Kier alpha value is -3.85. The van der Waals surface area contributed by atoms with E-state index >= 15 is 0 Å². The van der Waals surface area contributed by atoms with E-state index in [4.69, 9.17) is 17.6 Å². The zero-order chi connectivity index (χ0) is 27.8. The van der Waals surface area contributed by atoms with Crippen molar-refractivity contribution in [2.24, 2.45) is 0 Å². The molecule has 4 rings (SSSR count). The van der Waals surface area contributed by atoms with Crippen molar-refractivity contribution in [1.29, 1.82) is 0 Å². The quantitative estimate of drug-likeness (QED) is 0.430. The van der Waals surface area contributed by atoms with Crippen molar-refractivity contribution in [3.8, 4) is 30.4 Å². The Bertz CT molecular complexity index is 1280. The van der Waals surface area contributed by atoms with Crippen LogP contribution in [0.15, 0.2) is 42.5 Å². The highest BCUT2D eigenvalue weighted by atomic mass is 19.1. The lowest BCUT2D eigenvalue weighted by atomic mass is 9.98. The fourth-order valence-electron chi connectivity index (χ4n) is 4.86. The molecule has 2 bridgehead atoms. The minimum absolute atomic E-state index is 0.000489. The van der Waals surface area contributed by atoms with Crippen LogP contribution >= 0.6 is 0 Å². The van der Waals surface area contributed by atoms with Gasteiger partial charge in [-0.25, -0.2) is 4.39 Å². The predicted molar refractivity (Wildman–Crippen MR) is 146 cm³/mol. The molecule has 2 aromatic rings. The van der Waals surface area contributed by atoms with Crippen LogP contribution in [0, 0.1) is 30.5 Å². The highest BCUT2D eigenvalue weighted by Crippen LogP contribution is 2.45. The molecule has 3 atom stereocenters. The second kappa shape index (κ2) is 12.8. The van der Waals surface area contributed by atoms with Gasteiger partial charge in [0.15, 0.2) is 0 Å². The first-order valence-electron chi connectivity index (χ1n) is 13.3. The number of aliphatic hydroxyl groups is 1. The molecule has 1 unspecified atom stereocenters. The zero-order valence-electron chi connectivity index (χ0n) is 21.8. The van der Waals surface area contributed by atoms with Gasteiger partial charge in [0, 0.05) is 36.6 Å². The molecule has 2 aromatic carbocycles. The summed E-state index contributed by atoms with van der Waals surface area (Å²) in [6.45, 7) is 0.482. The molecule has 0 aromatic heterocycles. The van der Waals surface area contributed by atoms with E-state index in [-0.39, 0.29) is 37.3 Å². The van der Waals surface area contributed by atoms with Crippen LogP contribution in [0.4, 0.5) is 4.39 Å². The Kier molecular flexibility index (Phi) is 9.24. The van der Waals surface area contributed by atoms with Crippen LogP contribution in [0.2, 0.25) is 0 Å². The summed E-state index contributed by atoms with van der Waals surface area (Å²) in [6.07, 6.45) is 13.2. The van der Waals surface area contributed by atoms with Crippen molar-refractivity contribution in [2.75, 3.05) is 13.2 Å². The lowest BCUT2D eigenvalue weighted by Gasteiger charge is -2.29. The van der Waals surface area contributed by atoms with Gasteiger partial charge < -0.3 is 25.8 Å². The van der Waals surface area contributed by atoms with E-state index in [1.165, 1.54) is 12.1 Å². The molecule has 1 saturated carbocycles. The zero-order valence-corrected chi connectivity index (χ0v) is 21.8. The SMILES string of the molecule is C#CCC1NC(=O)CCCCOc2cc(F)cc(c2)C[C@@H]([C@H](O)CNC2(c3cccc(C#C)c3)CC2)NC1=O. The molecule has 0 saturated heterocycles. The molecule has 204 valence electrons. The van der Waals surface area contributed by atoms with Gasteiger partial charge in [-0.15, -0.1) is 18.8 Å². The van der Waals surface area contributed by atoms with Gasteiger partial charge in [0.25, 0.3) is 0 Å². The van der Waals surface area contributed by atoms with Crippen LogP contribution in [0.5, 0.6) is 5.75 Å². The molecular weight excluding hydrogens is 497 g/mol. The predicted octanol–water partition coefficient (Wildman–Crippen LogP) is 2.54. The fourth-order valence-corrected chi connectivity index (χ4v) is 4.86. The van der Waals surface area contributed by atoms with Gasteiger partial charge in [0.05, 0.1) is 18.8 Å². The number of terminal acetylenes is 2. The number of fused-ring (bicyclic) bond motifs is 2. The third-order valence-corrected chi connectivity index (χ3v) is 7.20. The number of aliphatic hydroxyl groups excluding tert-OH is 1. The summed E-state index contributed by atoms with van der Waals surface area (Å²) >= 11 is 0. The fraction of sp³-hybridized carbons (Fsp3) is 0.419. The highest BCUT2D eigenvalue weighted by molar-refractivity contribution is 5.88. The van der Waals surface area contributed by atoms with Gasteiger partial charge in [-0.05, 0) is 67.5 Å². The maximum Gasteiger partial charge on any atom is 0.243 e. The first kappa shape index (κ1) is 28.2. The molecule has 2 aliphatic rings. The second-order valence-corrected chi connectivity index (χ2v) is 10.2. The van der Waals surface area contributed by atoms with Crippen LogP contribution in [-0.4, -0.2) is 48.3 Å². The van der Waals surface area contributed by atoms with E-state index in [0.29, 0.717) is 30.8 Å². The summed E-state index contributed by atoms with van der Waals surface area (Å²) in [5.74, 6) is 4.17. The van der Waals surface area contributed by atoms with Gasteiger partial charge in [-0.2, -0.15) is 0 Å². The monoisotopic (exact) mass is 531 g/mol. The topological polar surface area (TPSA) is 99.7 Å². The molecular formula is C31H34FN3O4. The average molecular weight is 532 g/mol. The summed E-state index contributed by atoms with van der Waals surface area (Å²) in [7, 11) is 0. The number of benzene rings is 2. The summed E-state index contributed by atoms with van der Waals surface area (Å²) < 4.78 is 20.1. The Balaban J connectivity index is 1.55. The van der Waals surface area contributed by atoms with Crippen molar-refractivity contribution in [1.82, 2.24) is 16.0 Å². The number of hydrogen-bond donors (Lipinski definition) is 4. The summed E-state index contributed by atoms with van der Waals surface area (Å²) in [5, 5.41) is 20.3. The lowest BCUT2D eigenvalue weighted by molar-refractivity contribution is -0.129. The number of ether oxygens (including phenoxy) is 1. The van der Waals surface area contributed by atoms with Crippen LogP contribution in [-0.2, 0) is 21.5 Å². The standard InChI is InChI=1S/C31H34FN3O4/c1-3-8-26-30(38)35-27(28(36)20-33-31(12-13-31)23-10-7-9-21(4-2)15-23)18-22-16-24(32)19-25(17-22)39-14-6-5-11-29(37)34-26/h1-2,7,9-10,15-17,19,26-28,33,36H,5-6,8,11-14,18,20H2,(H,34,37)(H,35,38)/t26?,27-,28+/m0/s1. The van der Waals surface area contributed by atoms with Crippen LogP contribution in [0.25, 0.3) is 0 Å². The van der Waals surface area contributed by atoms with Gasteiger partial charge in [-0.3, -0.25) is 9.59 Å². The Labute approximate surface area is 228 Å². The Morgan fingerprint density at radius 1 is 1.15 bits per heavy atom. The third-order valence-electron chi connectivity index (χ3n) is 7.20. The molecule has 1 heterocycles. The Morgan fingerprint density at radius 2 is 1.97 bits per heavy atom. The van der Waals surface area contributed by atoms with Crippen LogP contribution in [0.1, 0.15) is 55.2 Å². The minimum atomic E-state index is -1.03. The van der Waals surface area contributed by atoms with Crippen LogP contribution < -0.4 is 20.7 Å². The van der Waals surface area contributed by atoms with Crippen molar-refractivity contribution >= 4 is 11.8 Å². The molecule has 39 heavy (non-hydrogen) atoms. The van der Waals surface area contributed by atoms with Gasteiger partial charge in [0.1, 0.15) is 17.6 Å². The lowest BCUT2D eigenvalue weighted by Crippen LogP contribution is -2.55. The van der Waals surface area contributed by atoms with E-state index in [1.807, 2.05) is 24.3 Å². The Morgan fingerprint density at radius 3 is 2.72 bits per heavy atom. The molecule has 1 aliphatic heterocycles. The molecule has 7 nitrogen and oxygen atoms in total. The molecule has 8 heteroatoms. The van der Waals surface area contributed by atoms with Crippen molar-refractivity contribution in [2.45, 2.75) is 68.7 Å². The summed E-state index contributed by atoms with van der Waals surface area (Å²) in [4.78, 5) is 25.7. The number of rotatable bonds is 6. The van der Waals surface area contributed by atoms with E-state index < -0.39 is 29.9 Å². The maximum atomic E-state index is 14.4. The van der Waals surface area contributed by atoms with Gasteiger partial charge in [-0.1, -0.05) is 18.1 Å². The van der Waals surface area contributed by atoms with Gasteiger partial charge in [0.2, 0.25) is 11.8 Å². The van der Waals surface area contributed by atoms with E-state index in [1.54, 1.807) is 6.07 Å². The first-order chi connectivity index (χ1) is 18.8. The normalized spacial score (nSPS) is 21.9. The molecule has 0 radical (unpaired) electrons. The number of amides is 2. The maximum absolute atomic E-state index is 14.4. The number of carbonyl (C=O) groups is 2. The average Bonchev–Trinajstić information content (AvgIpc) is 3.71. The summed E-state index contributed by atoms with van der Waals surface area (Å²) in [6, 6.07) is 10.3. The molecule has 1 fully saturated rings. The van der Waals surface area contributed by atoms with Crippen molar-refractivity contribution in [3.05, 3.63) is 65.0 Å². The van der Waals surface area contributed by atoms with E-state index in [2.05, 4.69) is 27.8 Å². The third kappa shape index (κ3) is 7.60. The van der Waals surface area contributed by atoms with Crippen molar-refractivity contribution < 1.29 is 23.8 Å². The number of carbonyl (C=O) groups excluding carboxylic acids is 2. The highest BCUT2D eigenvalue weighted by Gasteiger charge is 2.44. The molecule has 4 N–H and O–H groups in total. The van der Waals surface area contributed by atoms with E-state index in [9.17, 15) is 19.1 Å². The number of hydrogen-bond acceptors (Lipinski definition) is 5. The van der Waals surface area contributed by atoms with Crippen LogP contribution in [0.3, 0.4) is 0 Å². The molecule has 0 spiro atoms.